The van der Waals surface area contributed by atoms with Crippen molar-refractivity contribution in [2.24, 2.45) is 10.4 Å². The van der Waals surface area contributed by atoms with Gasteiger partial charge in [0, 0.05) is 26.2 Å². The fraction of sp³-hybridized carbons (Fsp3) is 0.933. The van der Waals surface area contributed by atoms with Gasteiger partial charge in [-0.25, -0.2) is 0 Å². The van der Waals surface area contributed by atoms with E-state index in [2.05, 4.69) is 48.5 Å². The number of hydrogen-bond acceptors (Lipinski definition) is 2. The third kappa shape index (κ3) is 8.29. The molecular weight excluding hydrogens is 363 g/mol. The Labute approximate surface area is 142 Å². The van der Waals surface area contributed by atoms with Crippen molar-refractivity contribution in [3.05, 3.63) is 0 Å². The molecule has 0 heterocycles. The molecule has 0 aromatic heterocycles. The van der Waals surface area contributed by atoms with Crippen LogP contribution in [0, 0.1) is 5.41 Å². The van der Waals surface area contributed by atoms with Gasteiger partial charge in [0.15, 0.2) is 5.96 Å². The zero-order valence-electron chi connectivity index (χ0n) is 13.8. The molecule has 0 saturated heterocycles. The summed E-state index contributed by atoms with van der Waals surface area (Å²) >= 11 is 0. The standard InChI is InChI=1S/C15H32N4.HI/c1-15(2,12-19(4)5)11-17-14(16-3)18-13-9-7-6-8-10-13;/h13H,6-12H2,1-5H3,(H2,16,17,18);1H. The second kappa shape index (κ2) is 9.82. The minimum atomic E-state index is 0. The lowest BCUT2D eigenvalue weighted by Crippen LogP contribution is -2.48. The Bertz CT molecular complexity index is 284. The molecular formula is C15H33IN4. The van der Waals surface area contributed by atoms with Crippen molar-refractivity contribution in [3.8, 4) is 0 Å². The van der Waals surface area contributed by atoms with Crippen LogP contribution in [-0.2, 0) is 0 Å². The van der Waals surface area contributed by atoms with E-state index in [0.29, 0.717) is 6.04 Å². The van der Waals surface area contributed by atoms with Gasteiger partial charge in [-0.05, 0) is 32.4 Å². The van der Waals surface area contributed by atoms with Crippen molar-refractivity contribution in [1.82, 2.24) is 15.5 Å². The summed E-state index contributed by atoms with van der Waals surface area (Å²) in [5.74, 6) is 0.957. The molecule has 0 aromatic carbocycles. The van der Waals surface area contributed by atoms with E-state index in [1.54, 1.807) is 0 Å². The molecule has 1 aliphatic rings. The highest BCUT2D eigenvalue weighted by Crippen LogP contribution is 2.17. The second-order valence-electron chi connectivity index (χ2n) is 6.81. The molecule has 120 valence electrons. The van der Waals surface area contributed by atoms with Crippen molar-refractivity contribution in [2.75, 3.05) is 34.2 Å². The first-order valence-corrected chi connectivity index (χ1v) is 7.55. The van der Waals surface area contributed by atoms with Crippen LogP contribution in [0.4, 0.5) is 0 Å². The maximum Gasteiger partial charge on any atom is 0.191 e. The molecule has 2 N–H and O–H groups in total. The third-order valence-corrected chi connectivity index (χ3v) is 3.65. The number of rotatable bonds is 5. The zero-order valence-corrected chi connectivity index (χ0v) is 16.2. The largest absolute Gasteiger partial charge is 0.356 e. The highest BCUT2D eigenvalue weighted by atomic mass is 127. The maximum atomic E-state index is 4.35. The predicted octanol–water partition coefficient (Wildman–Crippen LogP) is 2.69. The van der Waals surface area contributed by atoms with Crippen molar-refractivity contribution < 1.29 is 0 Å². The van der Waals surface area contributed by atoms with Gasteiger partial charge in [-0.2, -0.15) is 0 Å². The van der Waals surface area contributed by atoms with Crippen LogP contribution in [0.3, 0.4) is 0 Å². The number of guanidine groups is 1. The Hall–Kier alpha value is -0.0400. The topological polar surface area (TPSA) is 39.7 Å². The summed E-state index contributed by atoms with van der Waals surface area (Å²) in [7, 11) is 6.10. The summed E-state index contributed by atoms with van der Waals surface area (Å²) in [6.07, 6.45) is 6.64. The van der Waals surface area contributed by atoms with Crippen molar-refractivity contribution in [1.29, 1.82) is 0 Å². The van der Waals surface area contributed by atoms with Crippen molar-refractivity contribution in [2.45, 2.75) is 52.0 Å². The van der Waals surface area contributed by atoms with Crippen LogP contribution in [0.1, 0.15) is 46.0 Å². The number of halogens is 1. The Morgan fingerprint density at radius 1 is 1.20 bits per heavy atom. The number of hydrogen-bond donors (Lipinski definition) is 2. The average Bonchev–Trinajstić information content (AvgIpc) is 2.34. The normalized spacial score (nSPS) is 17.8. The number of nitrogens with zero attached hydrogens (tertiary/aromatic N) is 2. The monoisotopic (exact) mass is 396 g/mol. The highest BCUT2D eigenvalue weighted by Gasteiger charge is 2.20. The fourth-order valence-electron chi connectivity index (χ4n) is 2.87. The van der Waals surface area contributed by atoms with E-state index < -0.39 is 0 Å². The number of nitrogens with one attached hydrogen (secondary N) is 2. The van der Waals surface area contributed by atoms with E-state index in [1.807, 2.05) is 7.05 Å². The SMILES string of the molecule is CN=C(NCC(C)(C)CN(C)C)NC1CCCCC1.I. The Morgan fingerprint density at radius 2 is 1.80 bits per heavy atom. The average molecular weight is 396 g/mol. The lowest BCUT2D eigenvalue weighted by molar-refractivity contribution is 0.240. The van der Waals surface area contributed by atoms with Crippen LogP contribution in [0.25, 0.3) is 0 Å². The van der Waals surface area contributed by atoms with E-state index in [0.717, 1.165) is 19.0 Å². The van der Waals surface area contributed by atoms with E-state index in [-0.39, 0.29) is 29.4 Å². The summed E-state index contributed by atoms with van der Waals surface area (Å²) < 4.78 is 0. The van der Waals surface area contributed by atoms with Crippen LogP contribution in [0.2, 0.25) is 0 Å². The van der Waals surface area contributed by atoms with E-state index >= 15 is 0 Å². The molecule has 0 spiro atoms. The van der Waals surface area contributed by atoms with Crippen LogP contribution >= 0.6 is 24.0 Å². The van der Waals surface area contributed by atoms with Crippen molar-refractivity contribution >= 4 is 29.9 Å². The van der Waals surface area contributed by atoms with Crippen molar-refractivity contribution in [3.63, 3.8) is 0 Å². The molecule has 20 heavy (non-hydrogen) atoms. The van der Waals surface area contributed by atoms with Crippen LogP contribution in [0.15, 0.2) is 4.99 Å². The molecule has 0 amide bonds. The second-order valence-corrected chi connectivity index (χ2v) is 6.81. The summed E-state index contributed by atoms with van der Waals surface area (Å²) in [4.78, 5) is 6.58. The Balaban J connectivity index is 0.00000361. The molecule has 5 heteroatoms. The molecule has 1 saturated carbocycles. The Morgan fingerprint density at radius 3 is 2.30 bits per heavy atom. The zero-order chi connectivity index (χ0) is 14.3. The molecule has 0 radical (unpaired) electrons. The highest BCUT2D eigenvalue weighted by molar-refractivity contribution is 14.0. The first-order valence-electron chi connectivity index (χ1n) is 7.55. The molecule has 1 fully saturated rings. The van der Waals surface area contributed by atoms with Gasteiger partial charge in [0.2, 0.25) is 0 Å². The summed E-state index contributed by atoms with van der Waals surface area (Å²) in [5, 5.41) is 7.03. The molecule has 0 aliphatic heterocycles. The van der Waals surface area contributed by atoms with Gasteiger partial charge in [0.05, 0.1) is 0 Å². The maximum absolute atomic E-state index is 4.35. The van der Waals surface area contributed by atoms with Gasteiger partial charge in [-0.15, -0.1) is 24.0 Å². The lowest BCUT2D eigenvalue weighted by Gasteiger charge is -2.30. The minimum Gasteiger partial charge on any atom is -0.356 e. The third-order valence-electron chi connectivity index (χ3n) is 3.65. The molecule has 0 bridgehead atoms. The summed E-state index contributed by atoms with van der Waals surface area (Å²) in [5.41, 5.74) is 0.244. The first-order chi connectivity index (χ1) is 8.93. The summed E-state index contributed by atoms with van der Waals surface area (Å²) in [6.45, 7) is 6.58. The van der Waals surface area contributed by atoms with E-state index in [4.69, 9.17) is 0 Å². The smallest absolute Gasteiger partial charge is 0.191 e. The molecule has 0 aromatic rings. The van der Waals surface area contributed by atoms with Gasteiger partial charge in [-0.3, -0.25) is 4.99 Å². The van der Waals surface area contributed by atoms with Gasteiger partial charge >= 0.3 is 0 Å². The molecule has 0 atom stereocenters. The van der Waals surface area contributed by atoms with Gasteiger partial charge in [0.1, 0.15) is 0 Å². The number of aliphatic imine (C=N–C) groups is 1. The summed E-state index contributed by atoms with van der Waals surface area (Å²) in [6, 6.07) is 0.608. The van der Waals surface area contributed by atoms with Gasteiger partial charge < -0.3 is 15.5 Å². The molecule has 1 rings (SSSR count). The molecule has 1 aliphatic carbocycles. The van der Waals surface area contributed by atoms with E-state index in [9.17, 15) is 0 Å². The van der Waals surface area contributed by atoms with Gasteiger partial charge in [0.25, 0.3) is 0 Å². The minimum absolute atomic E-state index is 0. The molecule has 0 unspecified atom stereocenters. The quantitative estimate of drug-likeness (QED) is 0.427. The van der Waals surface area contributed by atoms with Crippen LogP contribution in [-0.4, -0.2) is 51.1 Å². The fourth-order valence-corrected chi connectivity index (χ4v) is 2.87. The molecule has 4 nitrogen and oxygen atoms in total. The van der Waals surface area contributed by atoms with Crippen LogP contribution < -0.4 is 10.6 Å². The van der Waals surface area contributed by atoms with E-state index in [1.165, 1.54) is 32.1 Å². The van der Waals surface area contributed by atoms with Crippen LogP contribution in [0.5, 0.6) is 0 Å². The first kappa shape index (κ1) is 20.0. The van der Waals surface area contributed by atoms with Gasteiger partial charge in [-0.1, -0.05) is 33.1 Å². The Kier molecular flexibility index (Phi) is 9.80. The predicted molar refractivity (Wildman–Crippen MR) is 99.1 cm³/mol. The lowest BCUT2D eigenvalue weighted by atomic mass is 9.93.